The SMILES string of the molecule is CCS(=O)(=O)N1CC=C(c2cnc(N)c(C(=O)Nc3ccnc(C)c3)n2)CC1.[HH].[HH]. The number of hydrogen-bond acceptors (Lipinski definition) is 7. The molecule has 0 atom stereocenters. The molecule has 0 fully saturated rings. The van der Waals surface area contributed by atoms with Crippen molar-refractivity contribution in [2.24, 2.45) is 0 Å². The molecule has 1 aliphatic heterocycles. The summed E-state index contributed by atoms with van der Waals surface area (Å²) in [6.45, 7) is 4.08. The van der Waals surface area contributed by atoms with Crippen LogP contribution in [0, 0.1) is 6.92 Å². The van der Waals surface area contributed by atoms with Crippen molar-refractivity contribution < 1.29 is 16.1 Å². The number of carbonyl (C=O) groups is 1. The first-order chi connectivity index (χ1) is 13.3. The maximum Gasteiger partial charge on any atom is 0.278 e. The van der Waals surface area contributed by atoms with Gasteiger partial charge in [0.15, 0.2) is 11.5 Å². The number of nitrogen functional groups attached to an aromatic ring is 1. The second-order valence-electron chi connectivity index (χ2n) is 6.37. The highest BCUT2D eigenvalue weighted by molar-refractivity contribution is 7.89. The van der Waals surface area contributed by atoms with Gasteiger partial charge in [0.2, 0.25) is 10.0 Å². The average molecular weight is 407 g/mol. The molecule has 3 N–H and O–H groups in total. The lowest BCUT2D eigenvalue weighted by Crippen LogP contribution is -2.35. The number of nitrogens with two attached hydrogens (primary N) is 1. The van der Waals surface area contributed by atoms with Crippen molar-refractivity contribution in [1.82, 2.24) is 19.3 Å². The van der Waals surface area contributed by atoms with Gasteiger partial charge in [0.25, 0.3) is 5.91 Å². The van der Waals surface area contributed by atoms with Crippen LogP contribution >= 0.6 is 0 Å². The van der Waals surface area contributed by atoms with Gasteiger partial charge in [-0.1, -0.05) is 6.08 Å². The van der Waals surface area contributed by atoms with Crippen molar-refractivity contribution in [3.8, 4) is 0 Å². The Balaban J connectivity index is 0.00000225. The summed E-state index contributed by atoms with van der Waals surface area (Å²) < 4.78 is 25.4. The zero-order valence-electron chi connectivity index (χ0n) is 15.7. The molecule has 152 valence electrons. The van der Waals surface area contributed by atoms with Crippen LogP contribution < -0.4 is 11.1 Å². The van der Waals surface area contributed by atoms with Crippen LogP contribution in [-0.4, -0.2) is 52.4 Å². The number of nitrogens with zero attached hydrogens (tertiary/aromatic N) is 4. The summed E-state index contributed by atoms with van der Waals surface area (Å²) in [5, 5.41) is 2.74. The predicted octanol–water partition coefficient (Wildman–Crippen LogP) is 1.95. The largest absolute Gasteiger partial charge is 0.382 e. The molecule has 3 heterocycles. The van der Waals surface area contributed by atoms with Gasteiger partial charge >= 0.3 is 0 Å². The van der Waals surface area contributed by atoms with Gasteiger partial charge in [-0.3, -0.25) is 9.78 Å². The van der Waals surface area contributed by atoms with Crippen molar-refractivity contribution in [2.75, 3.05) is 29.9 Å². The average Bonchev–Trinajstić information content (AvgIpc) is 2.68. The number of aromatic nitrogens is 3. The Labute approximate surface area is 166 Å². The molecule has 3 rings (SSSR count). The zero-order valence-corrected chi connectivity index (χ0v) is 16.5. The fourth-order valence-electron chi connectivity index (χ4n) is 2.85. The fraction of sp³-hybridized carbons (Fsp3) is 0.333. The maximum atomic E-state index is 12.6. The molecule has 2 aromatic heterocycles. The lowest BCUT2D eigenvalue weighted by molar-refractivity contribution is 0.102. The first-order valence-electron chi connectivity index (χ1n) is 8.84. The quantitative estimate of drug-likeness (QED) is 0.775. The van der Waals surface area contributed by atoms with Crippen LogP contribution in [0.3, 0.4) is 0 Å². The third-order valence-electron chi connectivity index (χ3n) is 4.43. The van der Waals surface area contributed by atoms with Gasteiger partial charge < -0.3 is 11.1 Å². The van der Waals surface area contributed by atoms with E-state index in [-0.39, 0.29) is 26.7 Å². The van der Waals surface area contributed by atoms with E-state index in [1.54, 1.807) is 31.3 Å². The van der Waals surface area contributed by atoms with E-state index in [0.717, 1.165) is 11.3 Å². The topological polar surface area (TPSA) is 131 Å². The molecule has 0 bridgehead atoms. The number of pyridine rings is 1. The molecule has 0 aromatic carbocycles. The van der Waals surface area contributed by atoms with Gasteiger partial charge in [-0.25, -0.2) is 18.4 Å². The minimum absolute atomic E-state index is 0. The minimum Gasteiger partial charge on any atom is -0.382 e. The molecule has 0 spiro atoms. The van der Waals surface area contributed by atoms with Crippen LogP contribution in [0.2, 0.25) is 0 Å². The Morgan fingerprint density at radius 1 is 1.39 bits per heavy atom. The Bertz CT molecular complexity index is 1050. The summed E-state index contributed by atoms with van der Waals surface area (Å²) in [5.74, 6) is -0.376. The molecule has 0 saturated heterocycles. The summed E-state index contributed by atoms with van der Waals surface area (Å²) in [7, 11) is -3.23. The summed E-state index contributed by atoms with van der Waals surface area (Å²) >= 11 is 0. The second kappa shape index (κ2) is 8.03. The molecule has 9 nitrogen and oxygen atoms in total. The van der Waals surface area contributed by atoms with E-state index >= 15 is 0 Å². The van der Waals surface area contributed by atoms with Crippen LogP contribution in [0.15, 0.2) is 30.6 Å². The highest BCUT2D eigenvalue weighted by Gasteiger charge is 2.24. The Kier molecular flexibility index (Phi) is 5.71. The van der Waals surface area contributed by atoms with Crippen molar-refractivity contribution in [2.45, 2.75) is 20.3 Å². The van der Waals surface area contributed by atoms with Gasteiger partial charge in [-0.05, 0) is 38.0 Å². The smallest absolute Gasteiger partial charge is 0.278 e. The van der Waals surface area contributed by atoms with E-state index in [0.29, 0.717) is 24.3 Å². The van der Waals surface area contributed by atoms with E-state index in [4.69, 9.17) is 5.73 Å². The van der Waals surface area contributed by atoms with Gasteiger partial charge in [0.1, 0.15) is 0 Å². The molecular formula is C18H26N6O3S. The molecule has 28 heavy (non-hydrogen) atoms. The first kappa shape index (κ1) is 19.9. The Hall–Kier alpha value is -2.85. The number of anilines is 2. The third kappa shape index (κ3) is 4.34. The number of sulfonamides is 1. The molecule has 1 amide bonds. The van der Waals surface area contributed by atoms with E-state index in [1.807, 2.05) is 6.92 Å². The fourth-order valence-corrected chi connectivity index (χ4v) is 3.89. The van der Waals surface area contributed by atoms with Gasteiger partial charge in [-0.2, -0.15) is 4.31 Å². The van der Waals surface area contributed by atoms with Gasteiger partial charge in [-0.15, -0.1) is 0 Å². The highest BCUT2D eigenvalue weighted by Crippen LogP contribution is 2.23. The minimum atomic E-state index is -3.23. The van der Waals surface area contributed by atoms with Crippen LogP contribution in [0.1, 0.15) is 38.1 Å². The van der Waals surface area contributed by atoms with Crippen LogP contribution in [0.4, 0.5) is 11.5 Å². The van der Waals surface area contributed by atoms with E-state index in [1.165, 1.54) is 10.5 Å². The molecular weight excluding hydrogens is 380 g/mol. The molecule has 0 saturated carbocycles. The zero-order chi connectivity index (χ0) is 20.3. The van der Waals surface area contributed by atoms with Crippen molar-refractivity contribution in [1.29, 1.82) is 0 Å². The van der Waals surface area contributed by atoms with E-state index in [9.17, 15) is 13.2 Å². The summed E-state index contributed by atoms with van der Waals surface area (Å²) in [6, 6.07) is 3.41. The molecule has 0 radical (unpaired) electrons. The number of amides is 1. The second-order valence-corrected chi connectivity index (χ2v) is 8.62. The van der Waals surface area contributed by atoms with Crippen LogP contribution in [-0.2, 0) is 10.0 Å². The van der Waals surface area contributed by atoms with Gasteiger partial charge in [0.05, 0.1) is 17.6 Å². The summed E-state index contributed by atoms with van der Waals surface area (Å²) in [5.41, 5.74) is 8.57. The molecule has 2 aromatic rings. The van der Waals surface area contributed by atoms with Crippen LogP contribution in [0.25, 0.3) is 5.57 Å². The maximum absolute atomic E-state index is 12.6. The number of hydrogen-bond donors (Lipinski definition) is 2. The van der Waals surface area contributed by atoms with Crippen molar-refractivity contribution >= 4 is 33.0 Å². The van der Waals surface area contributed by atoms with E-state index < -0.39 is 15.9 Å². The first-order valence-corrected chi connectivity index (χ1v) is 10.4. The lowest BCUT2D eigenvalue weighted by atomic mass is 10.1. The molecule has 1 aliphatic rings. The number of rotatable bonds is 5. The van der Waals surface area contributed by atoms with Crippen molar-refractivity contribution in [3.05, 3.63) is 47.7 Å². The predicted molar refractivity (Wildman–Crippen MR) is 111 cm³/mol. The molecule has 0 unspecified atom stereocenters. The highest BCUT2D eigenvalue weighted by atomic mass is 32.2. The Morgan fingerprint density at radius 3 is 2.82 bits per heavy atom. The van der Waals surface area contributed by atoms with E-state index in [2.05, 4.69) is 20.3 Å². The Morgan fingerprint density at radius 2 is 2.18 bits per heavy atom. The number of carbonyl (C=O) groups excluding carboxylic acids is 1. The lowest BCUT2D eigenvalue weighted by Gasteiger charge is -2.25. The third-order valence-corrected chi connectivity index (χ3v) is 6.28. The molecule has 0 aliphatic carbocycles. The van der Waals surface area contributed by atoms with Crippen LogP contribution in [0.5, 0.6) is 0 Å². The summed E-state index contributed by atoms with van der Waals surface area (Å²) in [4.78, 5) is 25.1. The molecule has 10 heteroatoms. The summed E-state index contributed by atoms with van der Waals surface area (Å²) in [6.07, 6.45) is 5.38. The monoisotopic (exact) mass is 406 g/mol. The number of aryl methyl sites for hydroxylation is 1. The normalized spacial score (nSPS) is 15.1. The number of nitrogens with one attached hydrogen (secondary N) is 1. The van der Waals surface area contributed by atoms with Gasteiger partial charge in [0, 0.05) is 33.5 Å². The standard InChI is InChI=1S/C18H22N6O3S.2H2/c1-3-28(26,27)24-8-5-13(6-9-24)15-11-21-17(19)16(23-15)18(25)22-14-4-7-20-12(2)10-14;;/h4-5,7,10-11H,3,6,8-9H2,1-2H3,(H2,19,21)(H,20,22,25);2*1H. The van der Waals surface area contributed by atoms with Crippen molar-refractivity contribution in [3.63, 3.8) is 0 Å².